The third kappa shape index (κ3) is 3.59. The molecular weight excluding hydrogens is 304 g/mol. The van der Waals surface area contributed by atoms with Crippen LogP contribution in [-0.2, 0) is 4.79 Å². The first-order chi connectivity index (χ1) is 11.6. The Balaban J connectivity index is 1.58. The Bertz CT molecular complexity index is 580. The van der Waals surface area contributed by atoms with E-state index in [-0.39, 0.29) is 12.3 Å². The molecule has 0 saturated carbocycles. The molecule has 0 bridgehead atoms. The number of carbonyl (C=O) groups excluding carboxylic acids is 1. The van der Waals surface area contributed by atoms with Crippen LogP contribution >= 0.6 is 0 Å². The van der Waals surface area contributed by atoms with Crippen molar-refractivity contribution in [3.05, 3.63) is 0 Å². The minimum atomic E-state index is -0.0471. The molecule has 0 spiro atoms. The van der Waals surface area contributed by atoms with E-state index < -0.39 is 0 Å². The minimum Gasteiger partial charge on any atom is -0.349 e. The minimum absolute atomic E-state index is 0.0204. The zero-order chi connectivity index (χ0) is 17.1. The zero-order valence-electron chi connectivity index (χ0n) is 14.6. The number of nitrogens with zero attached hydrogens (tertiary/aromatic N) is 6. The summed E-state index contributed by atoms with van der Waals surface area (Å²) in [5.41, 5.74) is 0. The van der Waals surface area contributed by atoms with Crippen LogP contribution in [0.3, 0.4) is 0 Å². The summed E-state index contributed by atoms with van der Waals surface area (Å²) in [6.07, 6.45) is 3.97. The first-order valence-electron chi connectivity index (χ1n) is 8.76. The normalized spacial score (nSPS) is 29.4. The molecule has 7 nitrogen and oxygen atoms in total. The lowest BCUT2D eigenvalue weighted by molar-refractivity contribution is -0.133. The third-order valence-electron chi connectivity index (χ3n) is 5.40. The monoisotopic (exact) mass is 330 g/mol. The number of hydrogen-bond acceptors (Lipinski definition) is 6. The average molecular weight is 330 g/mol. The van der Waals surface area contributed by atoms with Crippen LogP contribution in [0.15, 0.2) is 9.98 Å². The van der Waals surface area contributed by atoms with Crippen molar-refractivity contribution in [3.8, 4) is 6.07 Å². The molecule has 7 heteroatoms. The lowest BCUT2D eigenvalue weighted by Crippen LogP contribution is -2.55. The highest BCUT2D eigenvalue weighted by atomic mass is 16.2. The second-order valence-corrected chi connectivity index (χ2v) is 7.15. The highest BCUT2D eigenvalue weighted by Gasteiger charge is 2.33. The number of aliphatic imine (C=N–C) groups is 2. The lowest BCUT2D eigenvalue weighted by Gasteiger charge is -2.43. The second-order valence-electron chi connectivity index (χ2n) is 7.15. The van der Waals surface area contributed by atoms with E-state index >= 15 is 0 Å². The topological polar surface area (TPSA) is 75.3 Å². The van der Waals surface area contributed by atoms with Crippen LogP contribution in [0.5, 0.6) is 0 Å². The van der Waals surface area contributed by atoms with Gasteiger partial charge in [-0.2, -0.15) is 5.26 Å². The highest BCUT2D eigenvalue weighted by Crippen LogP contribution is 2.23. The molecule has 0 aromatic carbocycles. The number of hydrogen-bond donors (Lipinski definition) is 0. The summed E-state index contributed by atoms with van der Waals surface area (Å²) in [4.78, 5) is 27.3. The summed E-state index contributed by atoms with van der Waals surface area (Å²) in [6, 6.07) is 2.28. The van der Waals surface area contributed by atoms with Crippen molar-refractivity contribution in [1.82, 2.24) is 14.7 Å². The van der Waals surface area contributed by atoms with Crippen LogP contribution in [-0.4, -0.2) is 78.7 Å². The molecule has 3 atom stereocenters. The maximum atomic E-state index is 12.0. The van der Waals surface area contributed by atoms with Gasteiger partial charge in [0.15, 0.2) is 0 Å². The molecule has 3 aliphatic heterocycles. The number of amidine groups is 1. The van der Waals surface area contributed by atoms with Crippen LogP contribution in [0.25, 0.3) is 0 Å². The number of likely N-dealkylation sites (N-methyl/N-ethyl adjacent to an activating group) is 1. The van der Waals surface area contributed by atoms with Gasteiger partial charge in [0.05, 0.1) is 19.1 Å². The van der Waals surface area contributed by atoms with E-state index in [1.54, 1.807) is 0 Å². The van der Waals surface area contributed by atoms with Gasteiger partial charge in [-0.25, -0.2) is 4.99 Å². The number of piperidine rings is 1. The van der Waals surface area contributed by atoms with Crippen LogP contribution in [0, 0.1) is 23.2 Å². The van der Waals surface area contributed by atoms with Gasteiger partial charge in [0, 0.05) is 38.1 Å². The van der Waals surface area contributed by atoms with Gasteiger partial charge >= 0.3 is 0 Å². The first-order valence-corrected chi connectivity index (χ1v) is 8.76. The molecule has 1 saturated heterocycles. The first kappa shape index (κ1) is 16.9. The molecule has 3 aliphatic rings. The summed E-state index contributed by atoms with van der Waals surface area (Å²) in [6.45, 7) is 6.40. The van der Waals surface area contributed by atoms with Gasteiger partial charge in [0.2, 0.25) is 5.91 Å². The predicted molar refractivity (Wildman–Crippen MR) is 92.6 cm³/mol. The molecule has 0 N–H and O–H groups in total. The molecule has 1 fully saturated rings. The Morgan fingerprint density at radius 1 is 1.46 bits per heavy atom. The molecule has 0 aromatic heterocycles. The fraction of sp³-hybridized carbons (Fsp3) is 0.765. The second kappa shape index (κ2) is 7.31. The molecule has 3 rings (SSSR count). The number of fused-ring (bicyclic) bond motifs is 1. The van der Waals surface area contributed by atoms with Gasteiger partial charge < -0.3 is 9.80 Å². The van der Waals surface area contributed by atoms with E-state index in [2.05, 4.69) is 33.8 Å². The molecule has 24 heavy (non-hydrogen) atoms. The molecule has 3 unspecified atom stereocenters. The van der Waals surface area contributed by atoms with Crippen molar-refractivity contribution >= 4 is 18.1 Å². The number of likely N-dealkylation sites (tertiary alicyclic amines) is 1. The molecule has 3 heterocycles. The zero-order valence-corrected chi connectivity index (χ0v) is 14.6. The lowest BCUT2D eigenvalue weighted by atomic mass is 9.92. The molecule has 0 aromatic rings. The fourth-order valence-electron chi connectivity index (χ4n) is 3.90. The van der Waals surface area contributed by atoms with Crippen LogP contribution < -0.4 is 0 Å². The summed E-state index contributed by atoms with van der Waals surface area (Å²) in [5, 5.41) is 8.75. The average Bonchev–Trinajstić information content (AvgIpc) is 3.03. The number of nitriles is 1. The summed E-state index contributed by atoms with van der Waals surface area (Å²) in [5.74, 6) is 1.97. The molecular formula is C17H26N6O. The van der Waals surface area contributed by atoms with E-state index in [9.17, 15) is 4.79 Å². The Labute approximate surface area is 143 Å². The van der Waals surface area contributed by atoms with E-state index in [1.807, 2.05) is 17.3 Å². The highest BCUT2D eigenvalue weighted by molar-refractivity contribution is 5.94. The van der Waals surface area contributed by atoms with Gasteiger partial charge in [0.25, 0.3) is 0 Å². The maximum absolute atomic E-state index is 12.0. The Kier molecular flexibility index (Phi) is 5.14. The van der Waals surface area contributed by atoms with Gasteiger partial charge in [-0.05, 0) is 25.8 Å². The van der Waals surface area contributed by atoms with Gasteiger partial charge in [-0.1, -0.05) is 6.92 Å². The Morgan fingerprint density at radius 3 is 3.08 bits per heavy atom. The summed E-state index contributed by atoms with van der Waals surface area (Å²) in [7, 11) is 2.12. The van der Waals surface area contributed by atoms with Crippen molar-refractivity contribution in [2.45, 2.75) is 32.2 Å². The van der Waals surface area contributed by atoms with Crippen molar-refractivity contribution in [2.75, 3.05) is 39.9 Å². The smallest absolute Gasteiger partial charge is 0.236 e. The van der Waals surface area contributed by atoms with Gasteiger partial charge in [0.1, 0.15) is 12.3 Å². The molecule has 0 aliphatic carbocycles. The van der Waals surface area contributed by atoms with Crippen LogP contribution in [0.2, 0.25) is 0 Å². The SMILES string of the molecule is CC1CCN(C(=O)CC#N)CC1N(C)CN1C=NC2=NCCC2C1. The van der Waals surface area contributed by atoms with E-state index in [4.69, 9.17) is 5.26 Å². The fourth-order valence-corrected chi connectivity index (χ4v) is 3.90. The Morgan fingerprint density at radius 2 is 2.29 bits per heavy atom. The number of rotatable bonds is 4. The maximum Gasteiger partial charge on any atom is 0.236 e. The standard InChI is InChI=1S/C17H26N6O/c1-13-5-8-23(16(24)3-6-18)10-15(13)21(2)12-22-9-14-4-7-19-17(14)20-11-22/h11,13-15H,3-5,7-10,12H2,1-2H3. The van der Waals surface area contributed by atoms with Crippen molar-refractivity contribution < 1.29 is 4.79 Å². The third-order valence-corrected chi connectivity index (χ3v) is 5.40. The Hall–Kier alpha value is -1.94. The van der Waals surface area contributed by atoms with Crippen molar-refractivity contribution in [2.24, 2.45) is 21.8 Å². The van der Waals surface area contributed by atoms with Gasteiger partial charge in [-0.3, -0.25) is 14.7 Å². The quantitative estimate of drug-likeness (QED) is 0.764. The predicted octanol–water partition coefficient (Wildman–Crippen LogP) is 0.789. The van der Waals surface area contributed by atoms with Crippen molar-refractivity contribution in [1.29, 1.82) is 5.26 Å². The van der Waals surface area contributed by atoms with Crippen LogP contribution in [0.4, 0.5) is 0 Å². The number of amides is 1. The van der Waals surface area contributed by atoms with E-state index in [0.29, 0.717) is 24.4 Å². The largest absolute Gasteiger partial charge is 0.349 e. The molecule has 130 valence electrons. The summed E-state index contributed by atoms with van der Waals surface area (Å²) < 4.78 is 0. The van der Waals surface area contributed by atoms with Gasteiger partial charge in [-0.15, -0.1) is 0 Å². The molecule has 1 amide bonds. The van der Waals surface area contributed by atoms with Crippen LogP contribution in [0.1, 0.15) is 26.2 Å². The summed E-state index contributed by atoms with van der Waals surface area (Å²) >= 11 is 0. The van der Waals surface area contributed by atoms with E-state index in [0.717, 1.165) is 45.0 Å². The van der Waals surface area contributed by atoms with Crippen molar-refractivity contribution in [3.63, 3.8) is 0 Å². The van der Waals surface area contributed by atoms with E-state index in [1.165, 1.54) is 0 Å². The number of carbonyl (C=O) groups is 1. The molecule has 0 radical (unpaired) electrons.